The summed E-state index contributed by atoms with van der Waals surface area (Å²) < 4.78 is 0. The Kier molecular flexibility index (Phi) is 2.65. The number of aromatic amines is 1. The Balaban J connectivity index is 2.07. The normalized spacial score (nSPS) is 15.9. The lowest BCUT2D eigenvalue weighted by Crippen LogP contribution is -2.26. The maximum atomic E-state index is 6.03. The quantitative estimate of drug-likeness (QED) is 0.840. The van der Waals surface area contributed by atoms with Crippen LogP contribution in [0.5, 0.6) is 0 Å². The summed E-state index contributed by atoms with van der Waals surface area (Å²) in [4.78, 5) is 2.31. The molecule has 0 bridgehead atoms. The van der Waals surface area contributed by atoms with Gasteiger partial charge in [-0.15, -0.1) is 0 Å². The molecule has 17 heavy (non-hydrogen) atoms. The monoisotopic (exact) mass is 247 g/mol. The number of likely N-dealkylation sites (N-methyl/N-ethyl adjacent to an activating group) is 1. The lowest BCUT2D eigenvalue weighted by Gasteiger charge is -2.22. The first-order valence-electron chi connectivity index (χ1n) is 5.74. The van der Waals surface area contributed by atoms with E-state index in [9.17, 15) is 0 Å². The number of aromatic nitrogens is 2. The van der Waals surface area contributed by atoms with E-state index in [1.807, 2.05) is 18.2 Å². The second-order valence-corrected chi connectivity index (χ2v) is 4.96. The topological polar surface area (TPSA) is 31.9 Å². The third-order valence-electron chi connectivity index (χ3n) is 3.22. The van der Waals surface area contributed by atoms with E-state index in [0.717, 1.165) is 35.8 Å². The van der Waals surface area contributed by atoms with Gasteiger partial charge in [-0.05, 0) is 19.2 Å². The highest BCUT2D eigenvalue weighted by atomic mass is 35.5. The molecule has 2 heterocycles. The van der Waals surface area contributed by atoms with Crippen molar-refractivity contribution in [1.29, 1.82) is 0 Å². The van der Waals surface area contributed by atoms with Crippen LogP contribution in [0.2, 0.25) is 5.02 Å². The average Bonchev–Trinajstić information content (AvgIpc) is 2.71. The first kappa shape index (κ1) is 10.8. The van der Waals surface area contributed by atoms with Gasteiger partial charge in [0.2, 0.25) is 0 Å². The minimum Gasteiger partial charge on any atom is -0.302 e. The Morgan fingerprint density at radius 1 is 1.41 bits per heavy atom. The van der Waals surface area contributed by atoms with Gasteiger partial charge < -0.3 is 4.90 Å². The van der Waals surface area contributed by atoms with Gasteiger partial charge in [0.1, 0.15) is 0 Å². The molecule has 0 amide bonds. The van der Waals surface area contributed by atoms with Crippen LogP contribution in [0, 0.1) is 0 Å². The van der Waals surface area contributed by atoms with Crippen molar-refractivity contribution in [2.45, 2.75) is 13.0 Å². The Hall–Kier alpha value is -1.32. The van der Waals surface area contributed by atoms with Crippen molar-refractivity contribution in [3.63, 3.8) is 0 Å². The predicted molar refractivity (Wildman–Crippen MR) is 69.1 cm³/mol. The lowest BCUT2D eigenvalue weighted by atomic mass is 10.0. The molecule has 0 radical (unpaired) electrons. The smallest absolute Gasteiger partial charge is 0.0969 e. The fourth-order valence-corrected chi connectivity index (χ4v) is 2.49. The van der Waals surface area contributed by atoms with Crippen molar-refractivity contribution in [3.8, 4) is 11.3 Å². The van der Waals surface area contributed by atoms with Gasteiger partial charge in [-0.2, -0.15) is 5.10 Å². The fraction of sp³-hybridized carbons (Fsp3) is 0.308. The number of halogens is 1. The molecule has 1 N–H and O–H groups in total. The van der Waals surface area contributed by atoms with Crippen molar-refractivity contribution >= 4 is 11.6 Å². The number of benzene rings is 1. The zero-order valence-electron chi connectivity index (χ0n) is 9.70. The number of nitrogens with one attached hydrogen (secondary N) is 1. The van der Waals surface area contributed by atoms with Crippen LogP contribution < -0.4 is 0 Å². The molecule has 0 saturated heterocycles. The molecule has 88 valence electrons. The maximum absolute atomic E-state index is 6.03. The Bertz CT molecular complexity index is 547. The first-order chi connectivity index (χ1) is 8.24. The summed E-state index contributed by atoms with van der Waals surface area (Å²) in [5.74, 6) is 0. The number of rotatable bonds is 1. The van der Waals surface area contributed by atoms with Gasteiger partial charge >= 0.3 is 0 Å². The molecular weight excluding hydrogens is 234 g/mol. The summed E-state index contributed by atoms with van der Waals surface area (Å²) in [5, 5.41) is 8.33. The molecule has 1 aliphatic rings. The van der Waals surface area contributed by atoms with Crippen molar-refractivity contribution in [2.24, 2.45) is 0 Å². The van der Waals surface area contributed by atoms with Crippen LogP contribution in [0.3, 0.4) is 0 Å². The summed E-state index contributed by atoms with van der Waals surface area (Å²) in [6.07, 6.45) is 1.04. The molecule has 1 aromatic heterocycles. The van der Waals surface area contributed by atoms with E-state index in [0.29, 0.717) is 0 Å². The predicted octanol–water partition coefficient (Wildman–Crippen LogP) is 2.72. The van der Waals surface area contributed by atoms with Gasteiger partial charge in [-0.1, -0.05) is 23.7 Å². The zero-order chi connectivity index (χ0) is 11.8. The molecule has 2 aromatic rings. The van der Waals surface area contributed by atoms with E-state index in [2.05, 4.69) is 28.2 Å². The van der Waals surface area contributed by atoms with Gasteiger partial charge in [0.25, 0.3) is 0 Å². The average molecular weight is 248 g/mol. The van der Waals surface area contributed by atoms with Crippen LogP contribution in [0.1, 0.15) is 11.3 Å². The van der Waals surface area contributed by atoms with Crippen molar-refractivity contribution < 1.29 is 0 Å². The Morgan fingerprint density at radius 2 is 2.29 bits per heavy atom. The van der Waals surface area contributed by atoms with E-state index in [4.69, 9.17) is 11.6 Å². The molecule has 3 rings (SSSR count). The second kappa shape index (κ2) is 4.17. The molecule has 4 heteroatoms. The van der Waals surface area contributed by atoms with Crippen LogP contribution in [-0.4, -0.2) is 28.7 Å². The number of hydrogen-bond acceptors (Lipinski definition) is 2. The minimum absolute atomic E-state index is 0.753. The molecule has 0 fully saturated rings. The van der Waals surface area contributed by atoms with Crippen LogP contribution in [-0.2, 0) is 13.0 Å². The van der Waals surface area contributed by atoms with E-state index >= 15 is 0 Å². The third-order valence-corrected chi connectivity index (χ3v) is 3.46. The molecule has 0 saturated carbocycles. The molecular formula is C13H14ClN3. The van der Waals surface area contributed by atoms with Gasteiger partial charge in [0, 0.05) is 41.4 Å². The van der Waals surface area contributed by atoms with Crippen LogP contribution in [0.25, 0.3) is 11.3 Å². The molecule has 0 unspecified atom stereocenters. The van der Waals surface area contributed by atoms with E-state index < -0.39 is 0 Å². The van der Waals surface area contributed by atoms with Gasteiger partial charge in [0.15, 0.2) is 0 Å². The molecule has 1 aliphatic heterocycles. The third kappa shape index (κ3) is 1.96. The fourth-order valence-electron chi connectivity index (χ4n) is 2.30. The van der Waals surface area contributed by atoms with E-state index in [1.54, 1.807) is 0 Å². The highest BCUT2D eigenvalue weighted by molar-refractivity contribution is 6.30. The van der Waals surface area contributed by atoms with Crippen LogP contribution >= 0.6 is 11.6 Å². The van der Waals surface area contributed by atoms with Gasteiger partial charge in [-0.3, -0.25) is 5.10 Å². The first-order valence-corrected chi connectivity index (χ1v) is 6.12. The highest BCUT2D eigenvalue weighted by Crippen LogP contribution is 2.29. The van der Waals surface area contributed by atoms with Gasteiger partial charge in [-0.25, -0.2) is 0 Å². The van der Waals surface area contributed by atoms with Crippen molar-refractivity contribution in [2.75, 3.05) is 13.6 Å². The Labute approximate surface area is 105 Å². The standard InChI is InChI=1S/C13H14ClN3/c1-17-6-5-12-11(8-17)13(16-15-12)9-3-2-4-10(14)7-9/h2-4,7H,5-6,8H2,1H3,(H,15,16). The summed E-state index contributed by atoms with van der Waals surface area (Å²) in [6, 6.07) is 7.87. The minimum atomic E-state index is 0.753. The summed E-state index contributed by atoms with van der Waals surface area (Å²) >= 11 is 6.03. The molecule has 0 aliphatic carbocycles. The SMILES string of the molecule is CN1CCc2[nH]nc(-c3cccc(Cl)c3)c2C1. The number of nitrogens with zero attached hydrogens (tertiary/aromatic N) is 2. The lowest BCUT2D eigenvalue weighted by molar-refractivity contribution is 0.312. The summed E-state index contributed by atoms with van der Waals surface area (Å²) in [7, 11) is 2.14. The van der Waals surface area contributed by atoms with Crippen molar-refractivity contribution in [3.05, 3.63) is 40.5 Å². The molecule has 1 aromatic carbocycles. The second-order valence-electron chi connectivity index (χ2n) is 4.53. The zero-order valence-corrected chi connectivity index (χ0v) is 10.5. The number of H-pyrrole nitrogens is 1. The number of hydrogen-bond donors (Lipinski definition) is 1. The largest absolute Gasteiger partial charge is 0.302 e. The summed E-state index contributed by atoms with van der Waals surface area (Å²) in [5.41, 5.74) is 4.69. The molecule has 0 spiro atoms. The van der Waals surface area contributed by atoms with Gasteiger partial charge in [0.05, 0.1) is 5.69 Å². The maximum Gasteiger partial charge on any atom is 0.0969 e. The van der Waals surface area contributed by atoms with Crippen LogP contribution in [0.15, 0.2) is 24.3 Å². The molecule has 0 atom stereocenters. The van der Waals surface area contributed by atoms with Crippen molar-refractivity contribution in [1.82, 2.24) is 15.1 Å². The molecule has 3 nitrogen and oxygen atoms in total. The van der Waals surface area contributed by atoms with E-state index in [1.165, 1.54) is 11.3 Å². The Morgan fingerprint density at radius 3 is 3.12 bits per heavy atom. The highest BCUT2D eigenvalue weighted by Gasteiger charge is 2.20. The number of fused-ring (bicyclic) bond motifs is 1. The van der Waals surface area contributed by atoms with Crippen LogP contribution in [0.4, 0.5) is 0 Å². The van der Waals surface area contributed by atoms with E-state index in [-0.39, 0.29) is 0 Å². The summed E-state index contributed by atoms with van der Waals surface area (Å²) in [6.45, 7) is 2.04.